The molecule has 0 amide bonds. The number of halogens is 3. The van der Waals surface area contributed by atoms with Crippen LogP contribution in [0.1, 0.15) is 17.3 Å². The molecule has 0 atom stereocenters. The van der Waals surface area contributed by atoms with Crippen molar-refractivity contribution in [1.29, 1.82) is 0 Å². The smallest absolute Gasteiger partial charge is 0.492 e. The minimum atomic E-state index is -4.99. The molecule has 0 bridgehead atoms. The third-order valence-corrected chi connectivity index (χ3v) is 1.92. The number of aromatic amines is 1. The number of hydrogen-bond donors (Lipinski definition) is 1. The van der Waals surface area contributed by atoms with Gasteiger partial charge in [-0.05, 0) is 6.92 Å². The molecule has 0 fully saturated rings. The fourth-order valence-corrected chi connectivity index (χ4v) is 1.29. The zero-order valence-corrected chi connectivity index (χ0v) is 9.96. The van der Waals surface area contributed by atoms with Gasteiger partial charge in [0.2, 0.25) is 0 Å². The van der Waals surface area contributed by atoms with Gasteiger partial charge in [-0.3, -0.25) is 4.79 Å². The van der Waals surface area contributed by atoms with Crippen LogP contribution in [0.2, 0.25) is 0 Å². The topological polar surface area (TPSA) is 77.6 Å². The van der Waals surface area contributed by atoms with E-state index in [1.165, 1.54) is 6.92 Å². The molecule has 0 aliphatic rings. The molecule has 0 saturated heterocycles. The van der Waals surface area contributed by atoms with Crippen molar-refractivity contribution >= 4 is 5.97 Å². The summed E-state index contributed by atoms with van der Waals surface area (Å²) in [5.41, 5.74) is -1.63. The normalized spacial score (nSPS) is 11.0. The van der Waals surface area contributed by atoms with Gasteiger partial charge in [-0.1, -0.05) is 0 Å². The third kappa shape index (κ3) is 3.63. The fourth-order valence-electron chi connectivity index (χ4n) is 1.29. The van der Waals surface area contributed by atoms with Gasteiger partial charge in [0.05, 0.1) is 19.9 Å². The van der Waals surface area contributed by atoms with E-state index in [9.17, 15) is 22.8 Å². The lowest BCUT2D eigenvalue weighted by Crippen LogP contribution is -2.24. The van der Waals surface area contributed by atoms with Crippen molar-refractivity contribution in [2.45, 2.75) is 13.3 Å². The summed E-state index contributed by atoms with van der Waals surface area (Å²) in [7, 11) is 1.00. The predicted octanol–water partition coefficient (Wildman–Crippen LogP) is 1.46. The van der Waals surface area contributed by atoms with E-state index in [0.717, 1.165) is 7.11 Å². The van der Waals surface area contributed by atoms with Gasteiger partial charge in [0.1, 0.15) is 0 Å². The maximum Gasteiger partial charge on any atom is 0.573 e. The van der Waals surface area contributed by atoms with E-state index in [1.807, 2.05) is 4.98 Å². The molecule has 1 aromatic rings. The second-order valence-corrected chi connectivity index (χ2v) is 3.16. The van der Waals surface area contributed by atoms with Crippen LogP contribution in [-0.4, -0.2) is 31.0 Å². The molecule has 1 aromatic heterocycles. The largest absolute Gasteiger partial charge is 0.573 e. The number of rotatable bonds is 4. The Hall–Kier alpha value is -2.19. The highest BCUT2D eigenvalue weighted by atomic mass is 19.4. The first kappa shape index (κ1) is 14.9. The van der Waals surface area contributed by atoms with Crippen LogP contribution in [0.25, 0.3) is 0 Å². The number of pyridine rings is 1. The molecule has 0 unspecified atom stereocenters. The van der Waals surface area contributed by atoms with E-state index < -0.39 is 35.0 Å². The molecule has 1 heterocycles. The summed E-state index contributed by atoms with van der Waals surface area (Å²) in [4.78, 5) is 24.9. The number of alkyl halides is 3. The molecule has 0 aliphatic carbocycles. The Morgan fingerprint density at radius 1 is 1.42 bits per heavy atom. The molecular weight excluding hydrogens is 271 g/mol. The molecule has 0 saturated carbocycles. The Kier molecular flexibility index (Phi) is 4.41. The molecule has 0 aromatic carbocycles. The van der Waals surface area contributed by atoms with Crippen molar-refractivity contribution in [2.75, 3.05) is 13.7 Å². The molecule has 106 valence electrons. The van der Waals surface area contributed by atoms with Gasteiger partial charge in [-0.2, -0.15) is 0 Å². The Balaban J connectivity index is 3.33. The monoisotopic (exact) mass is 281 g/mol. The van der Waals surface area contributed by atoms with Gasteiger partial charge < -0.3 is 19.2 Å². The van der Waals surface area contributed by atoms with Crippen LogP contribution in [0.15, 0.2) is 11.0 Å². The van der Waals surface area contributed by atoms with E-state index in [-0.39, 0.29) is 6.61 Å². The number of aromatic nitrogens is 1. The van der Waals surface area contributed by atoms with Gasteiger partial charge in [0.15, 0.2) is 17.1 Å². The highest BCUT2D eigenvalue weighted by Crippen LogP contribution is 2.32. The average molecular weight is 281 g/mol. The summed E-state index contributed by atoms with van der Waals surface area (Å²) in [5, 5.41) is 0. The van der Waals surface area contributed by atoms with Crippen molar-refractivity contribution in [1.82, 2.24) is 4.98 Å². The third-order valence-electron chi connectivity index (χ3n) is 1.92. The lowest BCUT2D eigenvalue weighted by Gasteiger charge is -2.14. The van der Waals surface area contributed by atoms with Crippen LogP contribution in [0.4, 0.5) is 13.2 Å². The summed E-state index contributed by atoms with van der Waals surface area (Å²) in [6.07, 6.45) is -4.34. The fraction of sp³-hybridized carbons (Fsp3) is 0.400. The minimum absolute atomic E-state index is 0.0498. The van der Waals surface area contributed by atoms with Gasteiger partial charge in [0.25, 0.3) is 5.56 Å². The summed E-state index contributed by atoms with van der Waals surface area (Å²) in [6.45, 7) is 1.43. The van der Waals surface area contributed by atoms with E-state index in [2.05, 4.69) is 14.2 Å². The summed E-state index contributed by atoms with van der Waals surface area (Å²) < 4.78 is 49.3. The molecule has 0 spiro atoms. The first-order valence-corrected chi connectivity index (χ1v) is 5.02. The van der Waals surface area contributed by atoms with Gasteiger partial charge in [-0.15, -0.1) is 13.2 Å². The number of nitrogens with one attached hydrogen (secondary N) is 1. The zero-order valence-electron chi connectivity index (χ0n) is 9.96. The van der Waals surface area contributed by atoms with Crippen molar-refractivity contribution in [3.63, 3.8) is 0 Å². The molecule has 6 nitrogen and oxygen atoms in total. The second kappa shape index (κ2) is 5.63. The second-order valence-electron chi connectivity index (χ2n) is 3.16. The number of H-pyrrole nitrogens is 1. The predicted molar refractivity (Wildman–Crippen MR) is 56.3 cm³/mol. The zero-order chi connectivity index (χ0) is 14.6. The lowest BCUT2D eigenvalue weighted by atomic mass is 10.2. The summed E-state index contributed by atoms with van der Waals surface area (Å²) in [5.74, 6) is -2.58. The molecule has 1 N–H and O–H groups in total. The van der Waals surface area contributed by atoms with E-state index in [0.29, 0.717) is 6.20 Å². The maximum absolute atomic E-state index is 12.2. The Morgan fingerprint density at radius 2 is 2.05 bits per heavy atom. The van der Waals surface area contributed by atoms with Crippen molar-refractivity contribution in [2.24, 2.45) is 0 Å². The molecule has 0 radical (unpaired) electrons. The van der Waals surface area contributed by atoms with E-state index >= 15 is 0 Å². The van der Waals surface area contributed by atoms with Crippen molar-refractivity contribution in [3.8, 4) is 11.5 Å². The van der Waals surface area contributed by atoms with Crippen LogP contribution in [0.5, 0.6) is 11.5 Å². The highest BCUT2D eigenvalue weighted by Gasteiger charge is 2.34. The number of esters is 1. The number of hydrogen-bond acceptors (Lipinski definition) is 5. The highest BCUT2D eigenvalue weighted by molar-refractivity contribution is 5.93. The number of ether oxygens (including phenoxy) is 3. The van der Waals surface area contributed by atoms with E-state index in [1.54, 1.807) is 0 Å². The van der Waals surface area contributed by atoms with Crippen molar-refractivity contribution in [3.05, 3.63) is 22.1 Å². The molecule has 0 aliphatic heterocycles. The molecule has 9 heteroatoms. The van der Waals surface area contributed by atoms with Crippen molar-refractivity contribution < 1.29 is 32.2 Å². The Morgan fingerprint density at radius 3 is 2.53 bits per heavy atom. The Labute approximate surface area is 105 Å². The quantitative estimate of drug-likeness (QED) is 0.845. The van der Waals surface area contributed by atoms with Crippen LogP contribution >= 0.6 is 0 Å². The van der Waals surface area contributed by atoms with Gasteiger partial charge in [0, 0.05) is 0 Å². The summed E-state index contributed by atoms with van der Waals surface area (Å²) >= 11 is 0. The first-order chi connectivity index (χ1) is 8.80. The number of carbonyl (C=O) groups excluding carboxylic acids is 1. The number of methoxy groups -OCH3 is 1. The maximum atomic E-state index is 12.2. The Bertz CT molecular complexity index is 523. The van der Waals surface area contributed by atoms with Crippen LogP contribution in [-0.2, 0) is 4.74 Å². The van der Waals surface area contributed by atoms with Gasteiger partial charge in [-0.25, -0.2) is 4.79 Å². The van der Waals surface area contributed by atoms with Crippen LogP contribution in [0.3, 0.4) is 0 Å². The minimum Gasteiger partial charge on any atom is -0.492 e. The lowest BCUT2D eigenvalue weighted by molar-refractivity contribution is -0.275. The summed E-state index contributed by atoms with van der Waals surface area (Å²) in [6, 6.07) is 0. The van der Waals surface area contributed by atoms with Gasteiger partial charge >= 0.3 is 12.3 Å². The van der Waals surface area contributed by atoms with Crippen LogP contribution < -0.4 is 15.0 Å². The molecule has 19 heavy (non-hydrogen) atoms. The average Bonchev–Trinajstić information content (AvgIpc) is 2.29. The number of carbonyl (C=O) groups is 1. The molecule has 1 rings (SSSR count). The molecular formula is C10H10F3NO5. The van der Waals surface area contributed by atoms with Crippen LogP contribution in [0, 0.1) is 0 Å². The standard InChI is InChI=1S/C10H10F3NO5/c1-3-18-9(16)6-7(17-2)5(4-14-8(6)15)19-10(11,12)13/h4H,3H2,1-2H3,(H,14,15). The first-order valence-electron chi connectivity index (χ1n) is 5.02. The SMILES string of the molecule is CCOC(=O)c1c(OC)c(OC(F)(F)F)c[nH]c1=O. The van der Waals surface area contributed by atoms with E-state index in [4.69, 9.17) is 0 Å².